The lowest BCUT2D eigenvalue weighted by Gasteiger charge is -2.26. The first-order chi connectivity index (χ1) is 19.1. The van der Waals surface area contributed by atoms with Crippen LogP contribution in [0, 0.1) is 0 Å². The maximum Gasteiger partial charge on any atom is 0.220 e. The summed E-state index contributed by atoms with van der Waals surface area (Å²) in [4.78, 5) is 12.3. The second-order valence-electron chi connectivity index (χ2n) is 11.7. The van der Waals surface area contributed by atoms with Gasteiger partial charge in [0.05, 0.1) is 18.8 Å². The van der Waals surface area contributed by atoms with E-state index in [1.807, 2.05) is 0 Å². The van der Waals surface area contributed by atoms with E-state index in [9.17, 15) is 20.1 Å². The molecule has 0 bridgehead atoms. The Morgan fingerprint density at radius 2 is 1.03 bits per heavy atom. The summed E-state index contributed by atoms with van der Waals surface area (Å²) in [7, 11) is 0. The highest BCUT2D eigenvalue weighted by Crippen LogP contribution is 2.14. The number of allylic oxidation sites excluding steroid dienone is 2. The lowest BCUT2D eigenvalue weighted by atomic mass is 10.0. The highest BCUT2D eigenvalue weighted by atomic mass is 16.3. The van der Waals surface area contributed by atoms with Crippen LogP contribution in [0.5, 0.6) is 0 Å². The van der Waals surface area contributed by atoms with E-state index in [2.05, 4.69) is 31.3 Å². The van der Waals surface area contributed by atoms with Crippen LogP contribution in [-0.2, 0) is 4.79 Å². The Balaban J connectivity index is 3.76. The van der Waals surface area contributed by atoms with Gasteiger partial charge in [-0.15, -0.1) is 0 Å². The minimum absolute atomic E-state index is 0.157. The van der Waals surface area contributed by atoms with Gasteiger partial charge >= 0.3 is 0 Å². The first-order valence-electron chi connectivity index (χ1n) is 17.0. The van der Waals surface area contributed by atoms with Crippen LogP contribution in [0.25, 0.3) is 0 Å². The molecule has 0 aliphatic rings. The number of hydrogen-bond acceptors (Lipinski definition) is 4. The van der Waals surface area contributed by atoms with Gasteiger partial charge in [0.1, 0.15) is 6.10 Å². The first-order valence-corrected chi connectivity index (χ1v) is 17.0. The van der Waals surface area contributed by atoms with Crippen molar-refractivity contribution < 1.29 is 20.1 Å². The van der Waals surface area contributed by atoms with E-state index in [1.165, 1.54) is 109 Å². The molecule has 0 rings (SSSR count). The van der Waals surface area contributed by atoms with Crippen LogP contribution in [0.4, 0.5) is 0 Å². The van der Waals surface area contributed by atoms with E-state index in [4.69, 9.17) is 0 Å². The molecule has 0 radical (unpaired) electrons. The summed E-state index contributed by atoms with van der Waals surface area (Å²) in [6.45, 7) is 4.13. The van der Waals surface area contributed by atoms with Crippen LogP contribution in [0.2, 0.25) is 0 Å². The average molecular weight is 554 g/mol. The van der Waals surface area contributed by atoms with Gasteiger partial charge < -0.3 is 20.6 Å². The lowest BCUT2D eigenvalue weighted by Crippen LogP contribution is -2.50. The zero-order valence-electron chi connectivity index (χ0n) is 26.0. The van der Waals surface area contributed by atoms with Crippen molar-refractivity contribution in [3.63, 3.8) is 0 Å². The molecular formula is C34H67NO4. The number of rotatable bonds is 30. The summed E-state index contributed by atoms with van der Waals surface area (Å²) in [6.07, 6.45) is 31.6. The molecule has 1 amide bonds. The third kappa shape index (κ3) is 25.8. The molecule has 0 saturated carbocycles. The summed E-state index contributed by atoms with van der Waals surface area (Å²) in [5, 5.41) is 33.2. The number of nitrogens with one attached hydrogen (secondary N) is 1. The normalized spacial score (nSPS) is 14.1. The van der Waals surface area contributed by atoms with Crippen molar-refractivity contribution in [2.24, 2.45) is 0 Å². The number of carbonyl (C=O) groups excluding carboxylic acids is 1. The second kappa shape index (κ2) is 30.1. The fourth-order valence-electron chi connectivity index (χ4n) is 5.16. The van der Waals surface area contributed by atoms with Crippen LogP contribution < -0.4 is 5.32 Å². The van der Waals surface area contributed by atoms with Crippen molar-refractivity contribution in [2.75, 3.05) is 6.61 Å². The quantitative estimate of drug-likeness (QED) is 0.0530. The maximum atomic E-state index is 12.3. The molecule has 4 N–H and O–H groups in total. The van der Waals surface area contributed by atoms with Crippen LogP contribution in [0.1, 0.15) is 174 Å². The monoisotopic (exact) mass is 554 g/mol. The molecule has 0 saturated heterocycles. The molecule has 0 fully saturated rings. The lowest BCUT2D eigenvalue weighted by molar-refractivity contribution is -0.124. The summed E-state index contributed by atoms with van der Waals surface area (Å²) < 4.78 is 0. The van der Waals surface area contributed by atoms with Crippen molar-refractivity contribution in [3.8, 4) is 0 Å². The van der Waals surface area contributed by atoms with Crippen molar-refractivity contribution >= 4 is 5.91 Å². The Bertz CT molecular complexity index is 539. The van der Waals surface area contributed by atoms with Gasteiger partial charge in [-0.3, -0.25) is 4.79 Å². The Kier molecular flexibility index (Phi) is 29.4. The highest BCUT2D eigenvalue weighted by Gasteiger charge is 2.26. The number of amides is 1. The molecule has 5 nitrogen and oxygen atoms in total. The minimum atomic E-state index is -1.15. The Morgan fingerprint density at radius 1 is 0.615 bits per heavy atom. The molecule has 39 heavy (non-hydrogen) atoms. The van der Waals surface area contributed by atoms with Crippen molar-refractivity contribution in [3.05, 3.63) is 12.2 Å². The predicted octanol–water partition coefficient (Wildman–Crippen LogP) is 8.53. The van der Waals surface area contributed by atoms with E-state index >= 15 is 0 Å². The Labute approximate surface area is 242 Å². The number of aliphatic hydroxyl groups is 3. The van der Waals surface area contributed by atoms with Crippen molar-refractivity contribution in [1.82, 2.24) is 5.32 Å². The van der Waals surface area contributed by atoms with Gasteiger partial charge in [-0.2, -0.15) is 0 Å². The van der Waals surface area contributed by atoms with Gasteiger partial charge in [0.25, 0.3) is 0 Å². The van der Waals surface area contributed by atoms with E-state index in [1.54, 1.807) is 0 Å². The highest BCUT2D eigenvalue weighted by molar-refractivity contribution is 5.76. The largest absolute Gasteiger partial charge is 0.394 e. The second-order valence-corrected chi connectivity index (χ2v) is 11.7. The molecule has 5 heteroatoms. The molecule has 0 spiro atoms. The SMILES string of the molecule is CCCCCCCCCCC/C=C/CCCC(O)C(O)C(CO)NC(=O)CCCCCCCCCCCCC. The number of aliphatic hydroxyl groups excluding tert-OH is 3. The molecule has 3 atom stereocenters. The van der Waals surface area contributed by atoms with Crippen LogP contribution >= 0.6 is 0 Å². The molecular weight excluding hydrogens is 486 g/mol. The van der Waals surface area contributed by atoms with Gasteiger partial charge in [-0.1, -0.05) is 142 Å². The summed E-state index contributed by atoms with van der Waals surface area (Å²) in [5.41, 5.74) is 0. The van der Waals surface area contributed by atoms with Crippen molar-refractivity contribution in [2.45, 2.75) is 193 Å². The molecule has 232 valence electrons. The molecule has 0 aliphatic carbocycles. The van der Waals surface area contributed by atoms with E-state index in [0.29, 0.717) is 12.8 Å². The fourth-order valence-corrected chi connectivity index (χ4v) is 5.16. The molecule has 0 heterocycles. The molecule has 3 unspecified atom stereocenters. The summed E-state index contributed by atoms with van der Waals surface area (Å²) >= 11 is 0. The third-order valence-corrected chi connectivity index (χ3v) is 7.87. The van der Waals surface area contributed by atoms with E-state index in [-0.39, 0.29) is 12.5 Å². The molecule has 0 aromatic carbocycles. The van der Waals surface area contributed by atoms with E-state index < -0.39 is 18.2 Å². The predicted molar refractivity (Wildman–Crippen MR) is 167 cm³/mol. The number of carbonyl (C=O) groups is 1. The average Bonchev–Trinajstić information content (AvgIpc) is 2.94. The Morgan fingerprint density at radius 3 is 1.49 bits per heavy atom. The maximum absolute atomic E-state index is 12.3. The van der Waals surface area contributed by atoms with Gasteiger partial charge in [-0.05, 0) is 38.5 Å². The molecule has 0 aliphatic heterocycles. The summed E-state index contributed by atoms with van der Waals surface area (Å²) in [5.74, 6) is -0.157. The standard InChI is InChI=1S/C34H67NO4/c1-3-5-7-9-11-13-15-16-17-19-20-22-24-26-28-32(37)34(39)31(30-36)35-33(38)29-27-25-23-21-18-14-12-10-8-6-4-2/h20,22,31-32,34,36-37,39H,3-19,21,23-30H2,1-2H3,(H,35,38)/b22-20+. The topological polar surface area (TPSA) is 89.8 Å². The van der Waals surface area contributed by atoms with Gasteiger partial charge in [0, 0.05) is 6.42 Å². The zero-order valence-corrected chi connectivity index (χ0v) is 26.0. The smallest absolute Gasteiger partial charge is 0.220 e. The minimum Gasteiger partial charge on any atom is -0.394 e. The van der Waals surface area contributed by atoms with Gasteiger partial charge in [0.2, 0.25) is 5.91 Å². The zero-order chi connectivity index (χ0) is 28.8. The van der Waals surface area contributed by atoms with Gasteiger partial charge in [0.15, 0.2) is 0 Å². The van der Waals surface area contributed by atoms with Crippen LogP contribution in [0.15, 0.2) is 12.2 Å². The van der Waals surface area contributed by atoms with Crippen LogP contribution in [0.3, 0.4) is 0 Å². The van der Waals surface area contributed by atoms with Gasteiger partial charge in [-0.25, -0.2) is 0 Å². The molecule has 0 aromatic rings. The third-order valence-electron chi connectivity index (χ3n) is 7.87. The first kappa shape index (κ1) is 38.1. The van der Waals surface area contributed by atoms with Crippen molar-refractivity contribution in [1.29, 1.82) is 0 Å². The van der Waals surface area contributed by atoms with E-state index in [0.717, 1.165) is 38.5 Å². The number of unbranched alkanes of at least 4 members (excludes halogenated alkanes) is 20. The summed E-state index contributed by atoms with van der Waals surface area (Å²) in [6, 6.07) is -0.817. The van der Waals surface area contributed by atoms with Crippen LogP contribution in [-0.4, -0.2) is 46.1 Å². The fraction of sp³-hybridized carbons (Fsp3) is 0.912. The molecule has 0 aromatic heterocycles. The number of hydrogen-bond donors (Lipinski definition) is 4. The Hall–Kier alpha value is -0.910.